The van der Waals surface area contributed by atoms with Crippen LogP contribution in [0.2, 0.25) is 0 Å². The molecule has 1 N–H and O–H groups in total. The van der Waals surface area contributed by atoms with E-state index in [4.69, 9.17) is 4.74 Å². The zero-order chi connectivity index (χ0) is 18.5. The Morgan fingerprint density at radius 1 is 1.31 bits per heavy atom. The van der Waals surface area contributed by atoms with Gasteiger partial charge in [0.1, 0.15) is 17.4 Å². The molecule has 0 aliphatic rings. The van der Waals surface area contributed by atoms with E-state index in [0.29, 0.717) is 11.7 Å². The lowest BCUT2D eigenvalue weighted by Gasteiger charge is -2.03. The zero-order valence-electron chi connectivity index (χ0n) is 14.4. The van der Waals surface area contributed by atoms with Gasteiger partial charge in [0.15, 0.2) is 5.13 Å². The van der Waals surface area contributed by atoms with Crippen LogP contribution in [0.15, 0.2) is 48.0 Å². The van der Waals surface area contributed by atoms with Crippen LogP contribution in [0.25, 0.3) is 16.3 Å². The number of anilines is 1. The lowest BCUT2D eigenvalue weighted by Crippen LogP contribution is -2.13. The molecule has 0 spiro atoms. The second kappa shape index (κ2) is 7.81. The maximum absolute atomic E-state index is 12.4. The summed E-state index contributed by atoms with van der Waals surface area (Å²) < 4.78 is 6.38. The molecule has 1 heterocycles. The molecule has 0 saturated heterocycles. The van der Waals surface area contributed by atoms with Crippen molar-refractivity contribution < 1.29 is 9.53 Å². The van der Waals surface area contributed by atoms with Crippen LogP contribution < -0.4 is 10.1 Å². The van der Waals surface area contributed by atoms with E-state index in [1.807, 2.05) is 38.1 Å². The minimum atomic E-state index is -0.475. The van der Waals surface area contributed by atoms with E-state index in [1.165, 1.54) is 11.3 Å². The number of ether oxygens (including phenoxy) is 1. The van der Waals surface area contributed by atoms with Gasteiger partial charge in [0.25, 0.3) is 5.91 Å². The van der Waals surface area contributed by atoms with Gasteiger partial charge in [-0.05, 0) is 55.3 Å². The van der Waals surface area contributed by atoms with Gasteiger partial charge in [-0.15, -0.1) is 0 Å². The third-order valence-electron chi connectivity index (χ3n) is 3.63. The fraction of sp³-hybridized carbons (Fsp3) is 0.150. The Labute approximate surface area is 155 Å². The SMILES string of the molecule is CCOc1ccc(/C=C(\C#N)C(=O)Nc2nc3ccc(C)cc3s2)cc1. The first kappa shape index (κ1) is 17.6. The summed E-state index contributed by atoms with van der Waals surface area (Å²) in [6.07, 6.45) is 1.54. The van der Waals surface area contributed by atoms with E-state index in [0.717, 1.165) is 27.1 Å². The molecule has 0 unspecified atom stereocenters. The van der Waals surface area contributed by atoms with Gasteiger partial charge < -0.3 is 4.74 Å². The highest BCUT2D eigenvalue weighted by Crippen LogP contribution is 2.27. The number of benzene rings is 2. The molecule has 0 radical (unpaired) electrons. The molecule has 0 saturated carbocycles. The number of nitrogens with one attached hydrogen (secondary N) is 1. The highest BCUT2D eigenvalue weighted by atomic mass is 32.1. The van der Waals surface area contributed by atoms with E-state index >= 15 is 0 Å². The van der Waals surface area contributed by atoms with Crippen molar-refractivity contribution in [2.75, 3.05) is 11.9 Å². The molecule has 26 heavy (non-hydrogen) atoms. The van der Waals surface area contributed by atoms with Gasteiger partial charge in [-0.3, -0.25) is 10.1 Å². The van der Waals surface area contributed by atoms with Crippen molar-refractivity contribution in [1.82, 2.24) is 4.98 Å². The summed E-state index contributed by atoms with van der Waals surface area (Å²) in [5, 5.41) is 12.5. The molecule has 0 bridgehead atoms. The van der Waals surface area contributed by atoms with Crippen LogP contribution >= 0.6 is 11.3 Å². The van der Waals surface area contributed by atoms with Gasteiger partial charge >= 0.3 is 0 Å². The third-order valence-corrected chi connectivity index (χ3v) is 4.57. The average molecular weight is 363 g/mol. The van der Waals surface area contributed by atoms with Gasteiger partial charge in [0, 0.05) is 0 Å². The number of hydrogen-bond acceptors (Lipinski definition) is 5. The number of nitriles is 1. The summed E-state index contributed by atoms with van der Waals surface area (Å²) in [5.74, 6) is 0.273. The Bertz CT molecular complexity index is 1010. The summed E-state index contributed by atoms with van der Waals surface area (Å²) in [4.78, 5) is 16.8. The summed E-state index contributed by atoms with van der Waals surface area (Å²) in [6.45, 7) is 4.50. The van der Waals surface area contributed by atoms with E-state index in [2.05, 4.69) is 10.3 Å². The fourth-order valence-electron chi connectivity index (χ4n) is 2.39. The Morgan fingerprint density at radius 3 is 2.77 bits per heavy atom. The largest absolute Gasteiger partial charge is 0.494 e. The minimum absolute atomic E-state index is 0.0181. The van der Waals surface area contributed by atoms with Crippen LogP contribution in [0.3, 0.4) is 0 Å². The van der Waals surface area contributed by atoms with Crippen molar-refractivity contribution in [3.8, 4) is 11.8 Å². The van der Waals surface area contributed by atoms with Gasteiger partial charge in [0.2, 0.25) is 0 Å². The number of carbonyl (C=O) groups is 1. The standard InChI is InChI=1S/C20H17N3O2S/c1-3-25-16-7-5-14(6-8-16)11-15(12-21)19(24)23-20-22-17-9-4-13(2)10-18(17)26-20/h4-11H,3H2,1-2H3,(H,22,23,24)/b15-11+. The number of carbonyl (C=O) groups excluding carboxylic acids is 1. The van der Waals surface area contributed by atoms with Gasteiger partial charge in [-0.1, -0.05) is 29.5 Å². The monoisotopic (exact) mass is 363 g/mol. The molecule has 0 fully saturated rings. The summed E-state index contributed by atoms with van der Waals surface area (Å²) in [6, 6.07) is 15.1. The molecule has 130 valence electrons. The molecule has 2 aromatic carbocycles. The number of aromatic nitrogens is 1. The molecule has 0 aliphatic heterocycles. The molecule has 3 rings (SSSR count). The first-order chi connectivity index (χ1) is 12.6. The first-order valence-corrected chi connectivity index (χ1v) is 8.94. The molecular weight excluding hydrogens is 346 g/mol. The number of amides is 1. The van der Waals surface area contributed by atoms with Gasteiger partial charge in [-0.2, -0.15) is 5.26 Å². The van der Waals surface area contributed by atoms with Crippen LogP contribution in [0.1, 0.15) is 18.1 Å². The zero-order valence-corrected chi connectivity index (χ0v) is 15.3. The molecule has 0 aliphatic carbocycles. The van der Waals surface area contributed by atoms with Crippen molar-refractivity contribution in [1.29, 1.82) is 5.26 Å². The van der Waals surface area contributed by atoms with Crippen LogP contribution in [0.4, 0.5) is 5.13 Å². The number of nitrogens with zero attached hydrogens (tertiary/aromatic N) is 2. The van der Waals surface area contributed by atoms with Gasteiger partial charge in [0.05, 0.1) is 16.8 Å². The Balaban J connectivity index is 1.78. The van der Waals surface area contributed by atoms with Crippen LogP contribution in [0.5, 0.6) is 5.75 Å². The van der Waals surface area contributed by atoms with Crippen molar-refractivity contribution in [2.45, 2.75) is 13.8 Å². The van der Waals surface area contributed by atoms with E-state index in [-0.39, 0.29) is 5.57 Å². The summed E-state index contributed by atoms with van der Waals surface area (Å²) in [5.41, 5.74) is 2.72. The fourth-order valence-corrected chi connectivity index (χ4v) is 3.35. The maximum atomic E-state index is 12.4. The predicted octanol–water partition coefficient (Wildman–Crippen LogP) is 4.55. The normalized spacial score (nSPS) is 11.2. The first-order valence-electron chi connectivity index (χ1n) is 8.12. The minimum Gasteiger partial charge on any atom is -0.494 e. The second-order valence-corrected chi connectivity index (χ2v) is 6.65. The van der Waals surface area contributed by atoms with E-state index in [1.54, 1.807) is 30.3 Å². The summed E-state index contributed by atoms with van der Waals surface area (Å²) >= 11 is 1.39. The van der Waals surface area contributed by atoms with Crippen molar-refractivity contribution >= 4 is 38.7 Å². The van der Waals surface area contributed by atoms with Crippen LogP contribution in [-0.4, -0.2) is 17.5 Å². The summed E-state index contributed by atoms with van der Waals surface area (Å²) in [7, 11) is 0. The molecule has 6 heteroatoms. The third kappa shape index (κ3) is 4.08. The molecular formula is C20H17N3O2S. The van der Waals surface area contributed by atoms with Crippen LogP contribution in [0, 0.1) is 18.3 Å². The maximum Gasteiger partial charge on any atom is 0.268 e. The topological polar surface area (TPSA) is 75.0 Å². The Kier molecular flexibility index (Phi) is 5.30. The number of fused-ring (bicyclic) bond motifs is 1. The highest BCUT2D eigenvalue weighted by molar-refractivity contribution is 7.22. The quantitative estimate of drug-likeness (QED) is 0.533. The number of rotatable bonds is 5. The smallest absolute Gasteiger partial charge is 0.268 e. The van der Waals surface area contributed by atoms with E-state index in [9.17, 15) is 10.1 Å². The number of hydrogen-bond donors (Lipinski definition) is 1. The van der Waals surface area contributed by atoms with Crippen molar-refractivity contribution in [2.24, 2.45) is 0 Å². The Morgan fingerprint density at radius 2 is 2.08 bits per heavy atom. The molecule has 5 nitrogen and oxygen atoms in total. The van der Waals surface area contributed by atoms with Crippen LogP contribution in [-0.2, 0) is 4.79 Å². The number of thiazole rings is 1. The van der Waals surface area contributed by atoms with E-state index < -0.39 is 5.91 Å². The lowest BCUT2D eigenvalue weighted by atomic mass is 10.1. The van der Waals surface area contributed by atoms with Crippen molar-refractivity contribution in [3.63, 3.8) is 0 Å². The predicted molar refractivity (Wildman–Crippen MR) is 104 cm³/mol. The lowest BCUT2D eigenvalue weighted by molar-refractivity contribution is -0.112. The second-order valence-electron chi connectivity index (χ2n) is 5.62. The molecule has 0 atom stereocenters. The number of aryl methyl sites for hydroxylation is 1. The molecule has 1 amide bonds. The van der Waals surface area contributed by atoms with Gasteiger partial charge in [-0.25, -0.2) is 4.98 Å². The molecule has 3 aromatic rings. The molecule has 1 aromatic heterocycles. The van der Waals surface area contributed by atoms with Crippen molar-refractivity contribution in [3.05, 3.63) is 59.2 Å². The Hall–Kier alpha value is -3.17. The average Bonchev–Trinajstić information content (AvgIpc) is 3.02. The highest BCUT2D eigenvalue weighted by Gasteiger charge is 2.12.